The molecule has 3 nitrogen and oxygen atoms in total. The van der Waals surface area contributed by atoms with Gasteiger partial charge in [0.1, 0.15) is 5.75 Å². The summed E-state index contributed by atoms with van der Waals surface area (Å²) in [7, 11) is 0. The van der Waals surface area contributed by atoms with Gasteiger partial charge in [0.2, 0.25) is 0 Å². The van der Waals surface area contributed by atoms with Gasteiger partial charge in [-0.25, -0.2) is 4.79 Å². The summed E-state index contributed by atoms with van der Waals surface area (Å²) in [4.78, 5) is 11.4. The second-order valence-corrected chi connectivity index (χ2v) is 4.33. The largest absolute Gasteiger partial charge is 0.494 e. The highest BCUT2D eigenvalue weighted by Gasteiger charge is 2.20. The van der Waals surface area contributed by atoms with Gasteiger partial charge in [-0.1, -0.05) is 12.8 Å². The molecule has 0 bridgehead atoms. The summed E-state index contributed by atoms with van der Waals surface area (Å²) in [5, 5.41) is 0. The molecule has 1 aliphatic rings. The molecule has 1 aromatic rings. The van der Waals surface area contributed by atoms with E-state index >= 15 is 0 Å². The van der Waals surface area contributed by atoms with Crippen molar-refractivity contribution in [1.29, 1.82) is 0 Å². The molecule has 1 aliphatic carbocycles. The Kier molecular flexibility index (Phi) is 4.02. The molecule has 92 valence electrons. The van der Waals surface area contributed by atoms with Crippen LogP contribution in [-0.2, 0) is 4.74 Å². The van der Waals surface area contributed by atoms with Gasteiger partial charge in [0, 0.05) is 0 Å². The highest BCUT2D eigenvalue weighted by molar-refractivity contribution is 5.89. The summed E-state index contributed by atoms with van der Waals surface area (Å²) in [5.41, 5.74) is 0.571. The summed E-state index contributed by atoms with van der Waals surface area (Å²) in [6, 6.07) is 7.12. The van der Waals surface area contributed by atoms with Crippen molar-refractivity contribution in [3.63, 3.8) is 0 Å². The van der Waals surface area contributed by atoms with Crippen LogP contribution in [-0.4, -0.2) is 19.2 Å². The SMILES string of the molecule is CCOC(=O)c1ccc(OCCC2CC2)cc1. The van der Waals surface area contributed by atoms with Gasteiger partial charge in [0.15, 0.2) is 0 Å². The van der Waals surface area contributed by atoms with E-state index < -0.39 is 0 Å². The Hall–Kier alpha value is -1.51. The molecule has 0 spiro atoms. The van der Waals surface area contributed by atoms with Gasteiger partial charge in [-0.2, -0.15) is 0 Å². The van der Waals surface area contributed by atoms with Crippen molar-refractivity contribution in [3.05, 3.63) is 29.8 Å². The molecule has 0 aliphatic heterocycles. The van der Waals surface area contributed by atoms with E-state index in [-0.39, 0.29) is 5.97 Å². The summed E-state index contributed by atoms with van der Waals surface area (Å²) < 4.78 is 10.5. The Bertz CT molecular complexity index is 366. The van der Waals surface area contributed by atoms with Crippen LogP contribution in [0.2, 0.25) is 0 Å². The number of rotatable bonds is 6. The molecule has 17 heavy (non-hydrogen) atoms. The van der Waals surface area contributed by atoms with Crippen LogP contribution in [0.1, 0.15) is 36.5 Å². The standard InChI is InChI=1S/C14H18O3/c1-2-16-14(15)12-5-7-13(8-6-12)17-10-9-11-3-4-11/h5-8,11H,2-4,9-10H2,1H3. The van der Waals surface area contributed by atoms with E-state index in [2.05, 4.69) is 0 Å². The summed E-state index contributed by atoms with van der Waals surface area (Å²) in [5.74, 6) is 1.42. The van der Waals surface area contributed by atoms with Crippen molar-refractivity contribution in [3.8, 4) is 5.75 Å². The van der Waals surface area contributed by atoms with Gasteiger partial charge in [-0.3, -0.25) is 0 Å². The monoisotopic (exact) mass is 234 g/mol. The number of esters is 1. The third-order valence-electron chi connectivity index (χ3n) is 2.86. The molecule has 0 atom stereocenters. The lowest BCUT2D eigenvalue weighted by Crippen LogP contribution is -2.04. The van der Waals surface area contributed by atoms with Crippen molar-refractivity contribution in [2.45, 2.75) is 26.2 Å². The van der Waals surface area contributed by atoms with Crippen molar-refractivity contribution in [2.24, 2.45) is 5.92 Å². The van der Waals surface area contributed by atoms with Crippen LogP contribution in [0.5, 0.6) is 5.75 Å². The van der Waals surface area contributed by atoms with Crippen molar-refractivity contribution >= 4 is 5.97 Å². The minimum atomic E-state index is -0.281. The molecule has 0 heterocycles. The number of carbonyl (C=O) groups is 1. The molecule has 1 fully saturated rings. The van der Waals surface area contributed by atoms with Gasteiger partial charge in [-0.15, -0.1) is 0 Å². The first-order valence-electron chi connectivity index (χ1n) is 6.19. The zero-order valence-corrected chi connectivity index (χ0v) is 10.1. The average molecular weight is 234 g/mol. The molecule has 0 N–H and O–H groups in total. The minimum Gasteiger partial charge on any atom is -0.494 e. The van der Waals surface area contributed by atoms with Gasteiger partial charge in [0.25, 0.3) is 0 Å². The van der Waals surface area contributed by atoms with Gasteiger partial charge in [-0.05, 0) is 43.5 Å². The fourth-order valence-electron chi connectivity index (χ4n) is 1.65. The van der Waals surface area contributed by atoms with Crippen LogP contribution >= 0.6 is 0 Å². The highest BCUT2D eigenvalue weighted by Crippen LogP contribution is 2.32. The van der Waals surface area contributed by atoms with Crippen LogP contribution in [0.25, 0.3) is 0 Å². The molecule has 0 unspecified atom stereocenters. The number of carbonyl (C=O) groups excluding carboxylic acids is 1. The van der Waals surface area contributed by atoms with Gasteiger partial charge in [0.05, 0.1) is 18.8 Å². The van der Waals surface area contributed by atoms with Crippen LogP contribution < -0.4 is 4.74 Å². The summed E-state index contributed by atoms with van der Waals surface area (Å²) >= 11 is 0. The third kappa shape index (κ3) is 3.77. The maximum Gasteiger partial charge on any atom is 0.338 e. The summed E-state index contributed by atoms with van der Waals surface area (Å²) in [6.07, 6.45) is 3.84. The molecular formula is C14H18O3. The third-order valence-corrected chi connectivity index (χ3v) is 2.86. The smallest absolute Gasteiger partial charge is 0.338 e. The Balaban J connectivity index is 1.81. The van der Waals surface area contributed by atoms with E-state index in [0.717, 1.165) is 24.7 Å². The first-order valence-corrected chi connectivity index (χ1v) is 6.19. The predicted octanol–water partition coefficient (Wildman–Crippen LogP) is 3.04. The summed E-state index contributed by atoms with van der Waals surface area (Å²) in [6.45, 7) is 2.97. The Labute approximate surface area is 102 Å². The quantitative estimate of drug-likeness (QED) is 0.710. The van der Waals surface area contributed by atoms with Gasteiger partial charge >= 0.3 is 5.97 Å². The number of hydrogen-bond donors (Lipinski definition) is 0. The Morgan fingerprint density at radius 3 is 2.59 bits per heavy atom. The fourth-order valence-corrected chi connectivity index (χ4v) is 1.65. The first-order chi connectivity index (χ1) is 8.29. The minimum absolute atomic E-state index is 0.281. The van der Waals surface area contributed by atoms with Crippen molar-refractivity contribution < 1.29 is 14.3 Å². The Morgan fingerprint density at radius 2 is 2.00 bits per heavy atom. The molecule has 0 aromatic heterocycles. The van der Waals surface area contributed by atoms with Crippen molar-refractivity contribution in [1.82, 2.24) is 0 Å². The van der Waals surface area contributed by atoms with E-state index in [4.69, 9.17) is 9.47 Å². The van der Waals surface area contributed by atoms with Gasteiger partial charge < -0.3 is 9.47 Å². The predicted molar refractivity (Wildman–Crippen MR) is 65.2 cm³/mol. The van der Waals surface area contributed by atoms with Crippen LogP contribution in [0.3, 0.4) is 0 Å². The van der Waals surface area contributed by atoms with Crippen LogP contribution in [0.4, 0.5) is 0 Å². The highest BCUT2D eigenvalue weighted by atomic mass is 16.5. The van der Waals surface area contributed by atoms with Crippen LogP contribution in [0, 0.1) is 5.92 Å². The van der Waals surface area contributed by atoms with Crippen LogP contribution in [0.15, 0.2) is 24.3 Å². The maximum atomic E-state index is 11.4. The average Bonchev–Trinajstić information content (AvgIpc) is 3.14. The van der Waals surface area contributed by atoms with E-state index in [1.54, 1.807) is 19.1 Å². The van der Waals surface area contributed by atoms with Crippen molar-refractivity contribution in [2.75, 3.05) is 13.2 Å². The van der Waals surface area contributed by atoms with E-state index in [1.165, 1.54) is 12.8 Å². The molecule has 0 amide bonds. The van der Waals surface area contributed by atoms with E-state index in [9.17, 15) is 4.79 Å². The zero-order valence-electron chi connectivity index (χ0n) is 10.1. The lowest BCUT2D eigenvalue weighted by molar-refractivity contribution is 0.0526. The molecule has 2 rings (SSSR count). The number of ether oxygens (including phenoxy) is 2. The zero-order chi connectivity index (χ0) is 12.1. The second kappa shape index (κ2) is 5.71. The Morgan fingerprint density at radius 1 is 1.29 bits per heavy atom. The molecule has 3 heteroatoms. The second-order valence-electron chi connectivity index (χ2n) is 4.33. The normalized spacial score (nSPS) is 14.4. The van der Waals surface area contributed by atoms with E-state index in [1.807, 2.05) is 12.1 Å². The molecule has 1 saturated carbocycles. The molecule has 1 aromatic carbocycles. The molecule has 0 saturated heterocycles. The topological polar surface area (TPSA) is 35.5 Å². The first kappa shape index (κ1) is 12.0. The fraction of sp³-hybridized carbons (Fsp3) is 0.500. The number of hydrogen-bond acceptors (Lipinski definition) is 3. The lowest BCUT2D eigenvalue weighted by Gasteiger charge is -2.06. The molecule has 0 radical (unpaired) electrons. The maximum absolute atomic E-state index is 11.4. The molecular weight excluding hydrogens is 216 g/mol. The van der Waals surface area contributed by atoms with E-state index in [0.29, 0.717) is 12.2 Å². The number of benzene rings is 1. The lowest BCUT2D eigenvalue weighted by atomic mass is 10.2.